The number of carbonyl (C=O) groups is 1. The highest BCUT2D eigenvalue weighted by molar-refractivity contribution is 5.81. The van der Waals surface area contributed by atoms with Crippen molar-refractivity contribution in [1.29, 1.82) is 0 Å². The molecule has 0 aromatic carbocycles. The van der Waals surface area contributed by atoms with E-state index in [-0.39, 0.29) is 5.97 Å². The van der Waals surface area contributed by atoms with Crippen molar-refractivity contribution >= 4 is 5.97 Å². The molecule has 1 rings (SSSR count). The van der Waals surface area contributed by atoms with Crippen LogP contribution in [0.1, 0.15) is 39.5 Å². The predicted octanol–water partition coefficient (Wildman–Crippen LogP) is 2.40. The molecular formula is C12H22N4O2. The number of carbonyl (C=O) groups excluding carboxylic acids is 1. The zero-order chi connectivity index (χ0) is 13.4. The molecule has 1 aliphatic rings. The summed E-state index contributed by atoms with van der Waals surface area (Å²) in [4.78, 5) is 14.9. The number of hydrogen-bond acceptors (Lipinski definition) is 4. The fourth-order valence-corrected chi connectivity index (χ4v) is 2.84. The summed E-state index contributed by atoms with van der Waals surface area (Å²) in [7, 11) is 0. The van der Waals surface area contributed by atoms with Gasteiger partial charge in [0.1, 0.15) is 5.54 Å². The Balaban J connectivity index is 2.73. The maximum atomic E-state index is 12.2. The second-order valence-corrected chi connectivity index (χ2v) is 4.57. The second kappa shape index (κ2) is 7.24. The first kappa shape index (κ1) is 14.8. The normalized spacial score (nSPS) is 26.7. The van der Waals surface area contributed by atoms with E-state index >= 15 is 0 Å². The molecule has 18 heavy (non-hydrogen) atoms. The Hall–Kier alpha value is -1.26. The minimum atomic E-state index is -0.574. The highest BCUT2D eigenvalue weighted by Crippen LogP contribution is 2.38. The smallest absolute Gasteiger partial charge is 0.326 e. The standard InChI is InChI=1S/C12H22N4O2/c1-3-10-6-5-7-12(10,11(17)18-4-2)14-8-9-15-16-13/h10,14H,3-9H2,1-2H3. The molecule has 2 unspecified atom stereocenters. The van der Waals surface area contributed by atoms with E-state index in [4.69, 9.17) is 10.3 Å². The van der Waals surface area contributed by atoms with Crippen molar-refractivity contribution < 1.29 is 9.53 Å². The van der Waals surface area contributed by atoms with Crippen molar-refractivity contribution in [2.45, 2.75) is 45.1 Å². The van der Waals surface area contributed by atoms with Crippen LogP contribution < -0.4 is 5.32 Å². The average Bonchev–Trinajstić information content (AvgIpc) is 2.79. The lowest BCUT2D eigenvalue weighted by Gasteiger charge is -2.33. The predicted molar refractivity (Wildman–Crippen MR) is 69.0 cm³/mol. The van der Waals surface area contributed by atoms with Crippen LogP contribution in [0.15, 0.2) is 5.11 Å². The molecular weight excluding hydrogens is 232 g/mol. The third-order valence-electron chi connectivity index (χ3n) is 3.67. The molecule has 2 atom stereocenters. The molecule has 1 N–H and O–H groups in total. The first-order valence-electron chi connectivity index (χ1n) is 6.64. The van der Waals surface area contributed by atoms with E-state index in [2.05, 4.69) is 22.3 Å². The summed E-state index contributed by atoms with van der Waals surface area (Å²) in [6.45, 7) is 5.18. The topological polar surface area (TPSA) is 87.1 Å². The highest BCUT2D eigenvalue weighted by Gasteiger charge is 2.48. The van der Waals surface area contributed by atoms with Gasteiger partial charge in [-0.05, 0) is 31.2 Å². The minimum absolute atomic E-state index is 0.157. The van der Waals surface area contributed by atoms with Gasteiger partial charge in [-0.25, -0.2) is 0 Å². The van der Waals surface area contributed by atoms with Gasteiger partial charge in [0.15, 0.2) is 0 Å². The number of hydrogen-bond donors (Lipinski definition) is 1. The van der Waals surface area contributed by atoms with E-state index < -0.39 is 5.54 Å². The molecule has 6 heteroatoms. The van der Waals surface area contributed by atoms with Gasteiger partial charge >= 0.3 is 5.97 Å². The second-order valence-electron chi connectivity index (χ2n) is 4.57. The lowest BCUT2D eigenvalue weighted by molar-refractivity contribution is -0.153. The number of nitrogens with one attached hydrogen (secondary N) is 1. The third kappa shape index (κ3) is 3.15. The SMILES string of the molecule is CCOC(=O)C1(NCCN=[N+]=[N-])CCCC1CC. The average molecular weight is 254 g/mol. The van der Waals surface area contributed by atoms with Crippen LogP contribution >= 0.6 is 0 Å². The van der Waals surface area contributed by atoms with Crippen molar-refractivity contribution in [1.82, 2.24) is 5.32 Å². The molecule has 0 heterocycles. The fraction of sp³-hybridized carbons (Fsp3) is 0.917. The molecule has 0 amide bonds. The van der Waals surface area contributed by atoms with Gasteiger partial charge in [0.05, 0.1) is 6.61 Å². The monoisotopic (exact) mass is 254 g/mol. The molecule has 0 aromatic heterocycles. The molecule has 0 spiro atoms. The Bertz CT molecular complexity index is 328. The maximum absolute atomic E-state index is 12.2. The Kier molecular flexibility index (Phi) is 5.95. The van der Waals surface area contributed by atoms with Gasteiger partial charge in [-0.2, -0.15) is 0 Å². The highest BCUT2D eigenvalue weighted by atomic mass is 16.5. The quantitative estimate of drug-likeness (QED) is 0.249. The number of rotatable bonds is 7. The minimum Gasteiger partial charge on any atom is -0.465 e. The van der Waals surface area contributed by atoms with E-state index in [9.17, 15) is 4.79 Å². The summed E-state index contributed by atoms with van der Waals surface area (Å²) < 4.78 is 5.21. The third-order valence-corrected chi connectivity index (χ3v) is 3.67. The van der Waals surface area contributed by atoms with Crippen molar-refractivity contribution in [2.75, 3.05) is 19.7 Å². The van der Waals surface area contributed by atoms with Gasteiger partial charge in [-0.15, -0.1) is 0 Å². The van der Waals surface area contributed by atoms with Crippen molar-refractivity contribution in [2.24, 2.45) is 11.0 Å². The van der Waals surface area contributed by atoms with E-state index in [0.717, 1.165) is 25.7 Å². The van der Waals surface area contributed by atoms with Gasteiger partial charge in [0, 0.05) is 18.0 Å². The Labute approximate surface area is 108 Å². The van der Waals surface area contributed by atoms with E-state index in [1.54, 1.807) is 0 Å². The van der Waals surface area contributed by atoms with Crippen LogP contribution in [-0.2, 0) is 9.53 Å². The lowest BCUT2D eigenvalue weighted by Crippen LogP contribution is -2.56. The maximum Gasteiger partial charge on any atom is 0.326 e. The Morgan fingerprint density at radius 2 is 2.39 bits per heavy atom. The van der Waals surface area contributed by atoms with E-state index in [1.807, 2.05) is 6.92 Å². The van der Waals surface area contributed by atoms with Crippen LogP contribution in [0, 0.1) is 5.92 Å². The summed E-state index contributed by atoms with van der Waals surface area (Å²) in [5.74, 6) is 0.151. The lowest BCUT2D eigenvalue weighted by atomic mass is 9.85. The van der Waals surface area contributed by atoms with Crippen LogP contribution in [0.25, 0.3) is 10.4 Å². The zero-order valence-corrected chi connectivity index (χ0v) is 11.2. The molecule has 0 radical (unpaired) electrons. The van der Waals surface area contributed by atoms with Gasteiger partial charge in [-0.1, -0.05) is 24.9 Å². The van der Waals surface area contributed by atoms with Crippen molar-refractivity contribution in [3.05, 3.63) is 10.4 Å². The number of nitrogens with zero attached hydrogens (tertiary/aromatic N) is 3. The first-order valence-corrected chi connectivity index (χ1v) is 6.64. The Morgan fingerprint density at radius 3 is 3.00 bits per heavy atom. The van der Waals surface area contributed by atoms with Crippen LogP contribution in [-0.4, -0.2) is 31.2 Å². The zero-order valence-electron chi connectivity index (χ0n) is 11.2. The molecule has 6 nitrogen and oxygen atoms in total. The molecule has 0 saturated heterocycles. The van der Waals surface area contributed by atoms with E-state index in [1.165, 1.54) is 0 Å². The molecule has 1 aliphatic carbocycles. The Morgan fingerprint density at radius 1 is 1.61 bits per heavy atom. The van der Waals surface area contributed by atoms with Crippen molar-refractivity contribution in [3.63, 3.8) is 0 Å². The first-order chi connectivity index (χ1) is 8.71. The summed E-state index contributed by atoms with van der Waals surface area (Å²) in [5.41, 5.74) is 7.68. The molecule has 0 aliphatic heterocycles. The number of ether oxygens (including phenoxy) is 1. The van der Waals surface area contributed by atoms with Gasteiger partial charge in [0.25, 0.3) is 0 Å². The summed E-state index contributed by atoms with van der Waals surface area (Å²) >= 11 is 0. The van der Waals surface area contributed by atoms with Crippen LogP contribution in [0.5, 0.6) is 0 Å². The fourth-order valence-electron chi connectivity index (χ4n) is 2.84. The number of azide groups is 1. The molecule has 102 valence electrons. The molecule has 0 aromatic rings. The van der Waals surface area contributed by atoms with Crippen LogP contribution in [0.3, 0.4) is 0 Å². The summed E-state index contributed by atoms with van der Waals surface area (Å²) in [5, 5.41) is 6.76. The molecule has 1 fully saturated rings. The van der Waals surface area contributed by atoms with Crippen LogP contribution in [0.2, 0.25) is 0 Å². The van der Waals surface area contributed by atoms with Gasteiger partial charge in [0.2, 0.25) is 0 Å². The van der Waals surface area contributed by atoms with Gasteiger partial charge < -0.3 is 10.1 Å². The van der Waals surface area contributed by atoms with Crippen molar-refractivity contribution in [3.8, 4) is 0 Å². The molecule has 1 saturated carbocycles. The van der Waals surface area contributed by atoms with E-state index in [0.29, 0.717) is 25.6 Å². The molecule has 0 bridgehead atoms. The van der Waals surface area contributed by atoms with Crippen LogP contribution in [0.4, 0.5) is 0 Å². The summed E-state index contributed by atoms with van der Waals surface area (Å²) in [6.07, 6.45) is 3.84. The number of esters is 1. The summed E-state index contributed by atoms with van der Waals surface area (Å²) in [6, 6.07) is 0. The largest absolute Gasteiger partial charge is 0.465 e. The van der Waals surface area contributed by atoms with Gasteiger partial charge in [-0.3, -0.25) is 4.79 Å².